The molecule has 2 aromatic rings. The number of nitrogens with zero attached hydrogens (tertiary/aromatic N) is 2. The fraction of sp³-hybridized carbons (Fsp3) is 0.320. The summed E-state index contributed by atoms with van der Waals surface area (Å²) in [4.78, 5) is 15.7. The Morgan fingerprint density at radius 3 is 2.59 bits per heavy atom. The highest BCUT2D eigenvalue weighted by Gasteiger charge is 2.23. The van der Waals surface area contributed by atoms with Crippen LogP contribution in [0.4, 0.5) is 0 Å². The van der Waals surface area contributed by atoms with Gasteiger partial charge >= 0.3 is 5.97 Å². The van der Waals surface area contributed by atoms with Crippen molar-refractivity contribution in [2.45, 2.75) is 26.7 Å². The molecule has 32 heavy (non-hydrogen) atoms. The van der Waals surface area contributed by atoms with Crippen LogP contribution in [0.1, 0.15) is 37.8 Å². The Balaban J connectivity index is 1.86. The van der Waals surface area contributed by atoms with Gasteiger partial charge in [0.05, 0.1) is 10.2 Å². The monoisotopic (exact) mass is 560 g/mol. The van der Waals surface area contributed by atoms with Gasteiger partial charge in [0.1, 0.15) is 16.6 Å². The first-order valence-corrected chi connectivity index (χ1v) is 12.1. The van der Waals surface area contributed by atoms with Crippen molar-refractivity contribution in [3.8, 4) is 17.6 Å². The lowest BCUT2D eigenvalue weighted by Gasteiger charge is -2.32. The number of carbonyl (C=O) groups is 1. The zero-order valence-corrected chi connectivity index (χ0v) is 21.1. The minimum Gasteiger partial charge on any atom is -0.490 e. The summed E-state index contributed by atoms with van der Waals surface area (Å²) in [6, 6.07) is 14.8. The van der Waals surface area contributed by atoms with Crippen molar-refractivity contribution in [1.29, 1.82) is 5.26 Å². The second kappa shape index (κ2) is 11.4. The van der Waals surface area contributed by atoms with E-state index in [9.17, 15) is 10.1 Å². The van der Waals surface area contributed by atoms with E-state index in [4.69, 9.17) is 21.7 Å². The highest BCUT2D eigenvalue weighted by Crippen LogP contribution is 2.36. The van der Waals surface area contributed by atoms with Crippen LogP contribution < -0.4 is 9.47 Å². The molecule has 0 spiro atoms. The van der Waals surface area contributed by atoms with Gasteiger partial charge in [-0.05, 0) is 72.0 Å². The predicted molar refractivity (Wildman–Crippen MR) is 138 cm³/mol. The minimum absolute atomic E-state index is 0.0866. The average molecular weight is 560 g/mol. The van der Waals surface area contributed by atoms with Crippen molar-refractivity contribution < 1.29 is 14.3 Å². The second-order valence-corrected chi connectivity index (χ2v) is 9.21. The molecule has 166 valence electrons. The molecular weight excluding hydrogens is 535 g/mol. The van der Waals surface area contributed by atoms with Crippen LogP contribution in [0.2, 0.25) is 0 Å². The highest BCUT2D eigenvalue weighted by atomic mass is 127. The quantitative estimate of drug-likeness (QED) is 0.114. The Labute approximate surface area is 208 Å². The third-order valence-electron chi connectivity index (χ3n) is 5.27. The summed E-state index contributed by atoms with van der Waals surface area (Å²) in [7, 11) is 0. The first kappa shape index (κ1) is 24.2. The third kappa shape index (κ3) is 6.08. The number of piperidine rings is 1. The number of carbonyl (C=O) groups excluding carboxylic acids is 1. The van der Waals surface area contributed by atoms with E-state index in [1.54, 1.807) is 0 Å². The van der Waals surface area contributed by atoms with Crippen LogP contribution in [0.15, 0.2) is 48.0 Å². The first-order chi connectivity index (χ1) is 15.4. The van der Waals surface area contributed by atoms with E-state index >= 15 is 0 Å². The van der Waals surface area contributed by atoms with Crippen LogP contribution in [0.25, 0.3) is 6.08 Å². The zero-order chi connectivity index (χ0) is 23.1. The molecule has 5 nitrogen and oxygen atoms in total. The van der Waals surface area contributed by atoms with Crippen molar-refractivity contribution in [2.75, 3.05) is 19.7 Å². The molecule has 1 aliphatic rings. The highest BCUT2D eigenvalue weighted by molar-refractivity contribution is 14.1. The zero-order valence-electron chi connectivity index (χ0n) is 18.1. The van der Waals surface area contributed by atoms with E-state index in [0.717, 1.165) is 42.0 Å². The number of esters is 1. The largest absolute Gasteiger partial charge is 0.490 e. The lowest BCUT2D eigenvalue weighted by Crippen LogP contribution is -2.37. The maximum absolute atomic E-state index is 12.7. The summed E-state index contributed by atoms with van der Waals surface area (Å²) in [5, 5.41) is 9.48. The van der Waals surface area contributed by atoms with Crippen LogP contribution in [0, 0.1) is 20.8 Å². The van der Waals surface area contributed by atoms with Crippen LogP contribution in [0.3, 0.4) is 0 Å². The number of benzene rings is 2. The van der Waals surface area contributed by atoms with Gasteiger partial charge in [0, 0.05) is 18.7 Å². The molecule has 0 atom stereocenters. The number of halogens is 1. The molecule has 3 rings (SSSR count). The molecule has 7 heteroatoms. The summed E-state index contributed by atoms with van der Waals surface area (Å²) < 4.78 is 12.1. The van der Waals surface area contributed by atoms with Gasteiger partial charge in [-0.1, -0.05) is 49.5 Å². The van der Waals surface area contributed by atoms with Gasteiger partial charge < -0.3 is 14.4 Å². The molecule has 1 heterocycles. The van der Waals surface area contributed by atoms with Gasteiger partial charge in [-0.3, -0.25) is 0 Å². The van der Waals surface area contributed by atoms with E-state index in [-0.39, 0.29) is 5.57 Å². The van der Waals surface area contributed by atoms with Gasteiger partial charge in [0.2, 0.25) is 0 Å². The molecule has 0 amide bonds. The van der Waals surface area contributed by atoms with Gasteiger partial charge in [-0.25, -0.2) is 4.79 Å². The molecule has 0 radical (unpaired) electrons. The molecular formula is C25H25IN2O3S. The number of rotatable bonds is 6. The molecule has 1 aliphatic heterocycles. The number of hydrogen-bond acceptors (Lipinski definition) is 5. The lowest BCUT2D eigenvalue weighted by molar-refractivity contribution is -0.129. The molecule has 0 saturated carbocycles. The van der Waals surface area contributed by atoms with E-state index in [1.807, 2.05) is 55.5 Å². The van der Waals surface area contributed by atoms with Crippen LogP contribution in [-0.4, -0.2) is 35.6 Å². The molecule has 0 aliphatic carbocycles. The summed E-state index contributed by atoms with van der Waals surface area (Å²) in [6.07, 6.45) is 3.75. The Kier molecular flexibility index (Phi) is 8.65. The van der Waals surface area contributed by atoms with E-state index in [1.165, 1.54) is 6.08 Å². The fourth-order valence-corrected chi connectivity index (χ4v) is 4.46. The van der Waals surface area contributed by atoms with E-state index < -0.39 is 5.97 Å². The Bertz CT molecular complexity index is 1050. The molecule has 0 unspecified atom stereocenters. The molecule has 0 N–H and O–H groups in total. The van der Waals surface area contributed by atoms with Gasteiger partial charge in [-0.15, -0.1) is 0 Å². The van der Waals surface area contributed by atoms with Crippen molar-refractivity contribution in [2.24, 2.45) is 5.92 Å². The number of hydrogen-bond donors (Lipinski definition) is 0. The van der Waals surface area contributed by atoms with Crippen LogP contribution in [-0.2, 0) is 4.79 Å². The second-order valence-electron chi connectivity index (χ2n) is 7.66. The number of likely N-dealkylation sites (tertiary alicyclic amines) is 1. The third-order valence-corrected chi connectivity index (χ3v) is 6.57. The van der Waals surface area contributed by atoms with Crippen molar-refractivity contribution >= 4 is 51.8 Å². The maximum Gasteiger partial charge on any atom is 0.354 e. The summed E-state index contributed by atoms with van der Waals surface area (Å²) in [6.45, 7) is 6.41. The number of ether oxygens (including phenoxy) is 2. The molecule has 0 aromatic heterocycles. The fourth-order valence-electron chi connectivity index (χ4n) is 3.45. The minimum atomic E-state index is -0.726. The van der Waals surface area contributed by atoms with E-state index in [2.05, 4.69) is 34.4 Å². The Morgan fingerprint density at radius 2 is 1.97 bits per heavy atom. The van der Waals surface area contributed by atoms with Crippen molar-refractivity contribution in [3.05, 3.63) is 62.7 Å². The van der Waals surface area contributed by atoms with Gasteiger partial charge in [0.15, 0.2) is 11.5 Å². The Hall–Kier alpha value is -2.44. The Morgan fingerprint density at radius 1 is 1.28 bits per heavy atom. The van der Waals surface area contributed by atoms with Crippen LogP contribution in [0.5, 0.6) is 11.5 Å². The molecule has 0 bridgehead atoms. The summed E-state index contributed by atoms with van der Waals surface area (Å²) in [5.41, 5.74) is 1.52. The smallest absolute Gasteiger partial charge is 0.354 e. The van der Waals surface area contributed by atoms with E-state index in [0.29, 0.717) is 27.6 Å². The molecule has 1 fully saturated rings. The maximum atomic E-state index is 12.7. The average Bonchev–Trinajstić information content (AvgIpc) is 2.80. The topological polar surface area (TPSA) is 62.6 Å². The standard InChI is InChI=1S/C25H25IN2O3S/c1-3-30-22-15-19(24(32)28-11-9-17(2)10-12-28)14-21(26)23(22)31-25(29)20(16-27)13-18-7-5-4-6-8-18/h4-8,13-15,17H,3,9-12H2,1-2H3/b20-13+. The lowest BCUT2D eigenvalue weighted by atomic mass is 9.99. The number of nitriles is 1. The van der Waals surface area contributed by atoms with Crippen molar-refractivity contribution in [3.63, 3.8) is 0 Å². The first-order valence-electron chi connectivity index (χ1n) is 10.6. The van der Waals surface area contributed by atoms with Crippen LogP contribution >= 0.6 is 34.8 Å². The summed E-state index contributed by atoms with van der Waals surface area (Å²) in [5.74, 6) is 0.724. The molecule has 1 saturated heterocycles. The number of thiocarbonyl (C=S) groups is 1. The summed E-state index contributed by atoms with van der Waals surface area (Å²) >= 11 is 7.87. The van der Waals surface area contributed by atoms with Gasteiger partial charge in [-0.2, -0.15) is 5.26 Å². The molecule has 2 aromatic carbocycles. The SMILES string of the molecule is CCOc1cc(C(=S)N2CCC(C)CC2)cc(I)c1OC(=O)/C(C#N)=C/c1ccccc1. The predicted octanol–water partition coefficient (Wildman–Crippen LogP) is 5.61. The van der Waals surface area contributed by atoms with Crippen molar-refractivity contribution in [1.82, 2.24) is 4.90 Å². The van der Waals surface area contributed by atoms with Gasteiger partial charge in [0.25, 0.3) is 0 Å². The normalized spacial score (nSPS) is 14.6.